The van der Waals surface area contributed by atoms with Crippen LogP contribution in [0.1, 0.15) is 5.56 Å². The molecule has 1 fully saturated rings. The van der Waals surface area contributed by atoms with Crippen LogP contribution in [0, 0.1) is 11.3 Å². The first-order valence-corrected chi connectivity index (χ1v) is 5.98. The summed E-state index contributed by atoms with van der Waals surface area (Å²) in [5, 5.41) is 15.6. The van der Waals surface area contributed by atoms with Gasteiger partial charge in [0.1, 0.15) is 11.8 Å². The lowest BCUT2D eigenvalue weighted by Gasteiger charge is -2.24. The van der Waals surface area contributed by atoms with Crippen LogP contribution in [-0.2, 0) is 4.74 Å². The van der Waals surface area contributed by atoms with Crippen LogP contribution < -0.4 is 15.4 Å². The van der Waals surface area contributed by atoms with Crippen molar-refractivity contribution in [2.24, 2.45) is 0 Å². The second-order valence-corrected chi connectivity index (χ2v) is 4.10. The number of anilines is 1. The minimum Gasteiger partial charge on any atom is -0.497 e. The van der Waals surface area contributed by atoms with Gasteiger partial charge in [0.25, 0.3) is 0 Å². The molecule has 0 bridgehead atoms. The molecule has 1 aromatic carbocycles. The second kappa shape index (κ2) is 6.24. The Balaban J connectivity index is 2.00. The monoisotopic (exact) mass is 247 g/mol. The maximum Gasteiger partial charge on any atom is 0.121 e. The minimum absolute atomic E-state index is 0.136. The summed E-state index contributed by atoms with van der Waals surface area (Å²) in [4.78, 5) is 0. The number of benzene rings is 1. The van der Waals surface area contributed by atoms with E-state index in [0.29, 0.717) is 12.1 Å². The molecule has 5 heteroatoms. The van der Waals surface area contributed by atoms with Crippen LogP contribution in [0.2, 0.25) is 0 Å². The van der Waals surface area contributed by atoms with E-state index >= 15 is 0 Å². The molecule has 0 aliphatic carbocycles. The molecule has 1 aliphatic heterocycles. The lowest BCUT2D eigenvalue weighted by molar-refractivity contribution is 0.0372. The predicted octanol–water partition coefficient (Wildman–Crippen LogP) is 0.967. The summed E-state index contributed by atoms with van der Waals surface area (Å²) in [5.74, 6) is 0.735. The average molecular weight is 247 g/mol. The van der Waals surface area contributed by atoms with Gasteiger partial charge >= 0.3 is 0 Å². The number of hydrogen-bond acceptors (Lipinski definition) is 5. The van der Waals surface area contributed by atoms with E-state index in [1.54, 1.807) is 19.2 Å². The summed E-state index contributed by atoms with van der Waals surface area (Å²) in [6.45, 7) is 3.14. The molecule has 1 atom stereocenters. The Morgan fingerprint density at radius 1 is 1.61 bits per heavy atom. The van der Waals surface area contributed by atoms with Gasteiger partial charge in [0.05, 0.1) is 31.1 Å². The number of nitrogens with one attached hydrogen (secondary N) is 2. The van der Waals surface area contributed by atoms with Crippen molar-refractivity contribution in [3.05, 3.63) is 23.8 Å². The number of ether oxygens (including phenoxy) is 2. The van der Waals surface area contributed by atoms with Gasteiger partial charge in [-0.25, -0.2) is 0 Å². The third-order valence-corrected chi connectivity index (χ3v) is 2.87. The van der Waals surface area contributed by atoms with Gasteiger partial charge in [0.2, 0.25) is 0 Å². The second-order valence-electron chi connectivity index (χ2n) is 4.10. The summed E-state index contributed by atoms with van der Waals surface area (Å²) < 4.78 is 10.7. The van der Waals surface area contributed by atoms with Crippen molar-refractivity contribution in [2.45, 2.75) is 6.10 Å². The van der Waals surface area contributed by atoms with E-state index in [-0.39, 0.29) is 6.10 Å². The SMILES string of the molecule is COc1ccc(C#N)c(NCC2CNCCO2)c1. The molecule has 0 spiro atoms. The molecular weight excluding hydrogens is 230 g/mol. The van der Waals surface area contributed by atoms with Gasteiger partial charge in [-0.1, -0.05) is 0 Å². The van der Waals surface area contributed by atoms with E-state index < -0.39 is 0 Å². The van der Waals surface area contributed by atoms with Crippen molar-refractivity contribution >= 4 is 5.69 Å². The maximum absolute atomic E-state index is 9.04. The fourth-order valence-corrected chi connectivity index (χ4v) is 1.87. The molecular formula is C13H17N3O2. The van der Waals surface area contributed by atoms with Gasteiger partial charge in [0.15, 0.2) is 0 Å². The van der Waals surface area contributed by atoms with Gasteiger partial charge < -0.3 is 20.1 Å². The molecule has 1 saturated heterocycles. The van der Waals surface area contributed by atoms with E-state index in [1.165, 1.54) is 0 Å². The number of methoxy groups -OCH3 is 1. The molecule has 1 aromatic rings. The van der Waals surface area contributed by atoms with E-state index in [0.717, 1.165) is 31.1 Å². The van der Waals surface area contributed by atoms with Crippen LogP contribution in [-0.4, -0.2) is 39.5 Å². The number of nitrogens with zero attached hydrogens (tertiary/aromatic N) is 1. The van der Waals surface area contributed by atoms with Crippen molar-refractivity contribution in [1.29, 1.82) is 5.26 Å². The molecule has 96 valence electrons. The van der Waals surface area contributed by atoms with Crippen LogP contribution in [0.4, 0.5) is 5.69 Å². The summed E-state index contributed by atoms with van der Waals surface area (Å²) in [7, 11) is 1.61. The van der Waals surface area contributed by atoms with Crippen LogP contribution in [0.15, 0.2) is 18.2 Å². The van der Waals surface area contributed by atoms with Crippen molar-refractivity contribution in [3.8, 4) is 11.8 Å². The Morgan fingerprint density at radius 3 is 3.17 bits per heavy atom. The third-order valence-electron chi connectivity index (χ3n) is 2.87. The van der Waals surface area contributed by atoms with Crippen molar-refractivity contribution in [3.63, 3.8) is 0 Å². The number of morpholine rings is 1. The zero-order valence-corrected chi connectivity index (χ0v) is 10.4. The highest BCUT2D eigenvalue weighted by molar-refractivity contribution is 5.60. The van der Waals surface area contributed by atoms with Crippen LogP contribution in [0.3, 0.4) is 0 Å². The first-order chi connectivity index (χ1) is 8.83. The summed E-state index contributed by atoms with van der Waals surface area (Å²) in [6.07, 6.45) is 0.136. The fraction of sp³-hybridized carbons (Fsp3) is 0.462. The Kier molecular flexibility index (Phi) is 4.40. The fourth-order valence-electron chi connectivity index (χ4n) is 1.87. The summed E-state index contributed by atoms with van der Waals surface area (Å²) in [5.41, 5.74) is 1.39. The largest absolute Gasteiger partial charge is 0.497 e. The lowest BCUT2D eigenvalue weighted by Crippen LogP contribution is -2.42. The van der Waals surface area contributed by atoms with E-state index in [1.807, 2.05) is 6.07 Å². The van der Waals surface area contributed by atoms with Gasteiger partial charge in [-0.3, -0.25) is 0 Å². The highest BCUT2D eigenvalue weighted by Crippen LogP contribution is 2.21. The zero-order chi connectivity index (χ0) is 12.8. The highest BCUT2D eigenvalue weighted by atomic mass is 16.5. The van der Waals surface area contributed by atoms with Crippen LogP contribution >= 0.6 is 0 Å². The quantitative estimate of drug-likeness (QED) is 0.830. The molecule has 0 aromatic heterocycles. The zero-order valence-electron chi connectivity index (χ0n) is 10.4. The summed E-state index contributed by atoms with van der Waals surface area (Å²) >= 11 is 0. The molecule has 5 nitrogen and oxygen atoms in total. The number of rotatable bonds is 4. The van der Waals surface area contributed by atoms with E-state index in [2.05, 4.69) is 16.7 Å². The van der Waals surface area contributed by atoms with Gasteiger partial charge in [-0.15, -0.1) is 0 Å². The third kappa shape index (κ3) is 3.13. The normalized spacial score (nSPS) is 19.0. The Morgan fingerprint density at radius 2 is 2.50 bits per heavy atom. The molecule has 1 unspecified atom stereocenters. The Labute approximate surface area is 107 Å². The molecule has 1 heterocycles. The van der Waals surface area contributed by atoms with E-state index in [4.69, 9.17) is 14.7 Å². The topological polar surface area (TPSA) is 66.3 Å². The molecule has 1 aliphatic rings. The average Bonchev–Trinajstić information content (AvgIpc) is 2.45. The number of hydrogen-bond donors (Lipinski definition) is 2. The van der Waals surface area contributed by atoms with Crippen molar-refractivity contribution in [2.75, 3.05) is 38.7 Å². The molecule has 2 rings (SSSR count). The first-order valence-electron chi connectivity index (χ1n) is 5.98. The standard InChI is InChI=1S/C13H17N3O2/c1-17-11-3-2-10(7-14)13(6-11)16-9-12-8-15-4-5-18-12/h2-3,6,12,15-16H,4-5,8-9H2,1H3. The van der Waals surface area contributed by atoms with Gasteiger partial charge in [-0.2, -0.15) is 5.26 Å². The minimum atomic E-state index is 0.136. The predicted molar refractivity (Wildman–Crippen MR) is 68.8 cm³/mol. The molecule has 0 saturated carbocycles. The molecule has 0 radical (unpaired) electrons. The van der Waals surface area contributed by atoms with Crippen LogP contribution in [0.25, 0.3) is 0 Å². The van der Waals surface area contributed by atoms with Gasteiger partial charge in [-0.05, 0) is 12.1 Å². The van der Waals surface area contributed by atoms with Crippen LogP contribution in [0.5, 0.6) is 5.75 Å². The van der Waals surface area contributed by atoms with Gasteiger partial charge in [0, 0.05) is 25.7 Å². The smallest absolute Gasteiger partial charge is 0.121 e. The summed E-state index contributed by atoms with van der Waals surface area (Å²) in [6, 6.07) is 7.52. The first kappa shape index (κ1) is 12.7. The van der Waals surface area contributed by atoms with Crippen molar-refractivity contribution < 1.29 is 9.47 Å². The molecule has 2 N–H and O–H groups in total. The highest BCUT2D eigenvalue weighted by Gasteiger charge is 2.13. The Bertz CT molecular complexity index is 436. The van der Waals surface area contributed by atoms with E-state index in [9.17, 15) is 0 Å². The maximum atomic E-state index is 9.04. The number of nitriles is 1. The Hall–Kier alpha value is -1.77. The van der Waals surface area contributed by atoms with Crippen molar-refractivity contribution in [1.82, 2.24) is 5.32 Å². The molecule has 18 heavy (non-hydrogen) atoms. The lowest BCUT2D eigenvalue weighted by atomic mass is 10.1. The molecule has 0 amide bonds.